The lowest BCUT2D eigenvalue weighted by Crippen LogP contribution is -2.53. The van der Waals surface area contributed by atoms with E-state index in [-0.39, 0.29) is 6.04 Å². The molecule has 106 valence electrons. The number of hydrogen-bond donors (Lipinski definition) is 1. The fourth-order valence-electron chi connectivity index (χ4n) is 2.10. The van der Waals surface area contributed by atoms with Crippen LogP contribution in [0.15, 0.2) is 0 Å². The van der Waals surface area contributed by atoms with E-state index in [0.29, 0.717) is 4.99 Å². The van der Waals surface area contributed by atoms with E-state index in [1.165, 1.54) is 12.8 Å². The first-order chi connectivity index (χ1) is 8.65. The summed E-state index contributed by atoms with van der Waals surface area (Å²) >= 11 is 5.04. The van der Waals surface area contributed by atoms with Gasteiger partial charge in [0.05, 0.1) is 17.6 Å². The van der Waals surface area contributed by atoms with Crippen LogP contribution in [0.1, 0.15) is 26.7 Å². The molecule has 0 bridgehead atoms. The number of thiocarbonyl (C=S) groups is 1. The Kier molecular flexibility index (Phi) is 7.74. The average Bonchev–Trinajstić information content (AvgIpc) is 2.38. The summed E-state index contributed by atoms with van der Waals surface area (Å²) in [5.41, 5.74) is 5.68. The highest BCUT2D eigenvalue weighted by Crippen LogP contribution is 2.06. The third-order valence-electron chi connectivity index (χ3n) is 3.56. The van der Waals surface area contributed by atoms with Gasteiger partial charge in [-0.05, 0) is 13.3 Å². The van der Waals surface area contributed by atoms with Crippen molar-refractivity contribution in [3.63, 3.8) is 0 Å². The Bertz CT molecular complexity index is 242. The van der Waals surface area contributed by atoms with E-state index < -0.39 is 0 Å². The van der Waals surface area contributed by atoms with Crippen LogP contribution in [0.5, 0.6) is 0 Å². The van der Waals surface area contributed by atoms with Gasteiger partial charge in [0.25, 0.3) is 0 Å². The molecule has 0 saturated carbocycles. The molecule has 0 aromatic heterocycles. The molecular formula is C13H27N3OS. The molecule has 0 spiro atoms. The summed E-state index contributed by atoms with van der Waals surface area (Å²) in [6.45, 7) is 11.3. The number of nitrogens with two attached hydrogens (primary N) is 1. The topological polar surface area (TPSA) is 41.7 Å². The predicted molar refractivity (Wildman–Crippen MR) is 80.0 cm³/mol. The first-order valence-electron chi connectivity index (χ1n) is 6.98. The highest BCUT2D eigenvalue weighted by atomic mass is 32.1. The maximum Gasteiger partial charge on any atom is 0.0899 e. The van der Waals surface area contributed by atoms with Gasteiger partial charge in [0.15, 0.2) is 0 Å². The number of rotatable bonds is 8. The summed E-state index contributed by atoms with van der Waals surface area (Å²) in [6.07, 6.45) is 2.37. The molecule has 18 heavy (non-hydrogen) atoms. The van der Waals surface area contributed by atoms with Gasteiger partial charge in [-0.2, -0.15) is 0 Å². The number of nitrogens with zero attached hydrogens (tertiary/aromatic N) is 2. The van der Waals surface area contributed by atoms with Gasteiger partial charge in [0.1, 0.15) is 0 Å². The lowest BCUT2D eigenvalue weighted by molar-refractivity contribution is 0.0711. The number of unbranched alkanes of at least 4 members (excludes halogenated alkanes) is 1. The lowest BCUT2D eigenvalue weighted by atomic mass is 10.2. The van der Waals surface area contributed by atoms with Gasteiger partial charge in [0, 0.05) is 39.3 Å². The van der Waals surface area contributed by atoms with Gasteiger partial charge in [-0.15, -0.1) is 0 Å². The highest BCUT2D eigenvalue weighted by molar-refractivity contribution is 7.80. The summed E-state index contributed by atoms with van der Waals surface area (Å²) in [5.74, 6) is 0. The minimum atomic E-state index is 0.225. The average molecular weight is 273 g/mol. The van der Waals surface area contributed by atoms with Crippen LogP contribution >= 0.6 is 12.2 Å². The Morgan fingerprint density at radius 1 is 1.28 bits per heavy atom. The van der Waals surface area contributed by atoms with Crippen molar-refractivity contribution in [2.24, 2.45) is 5.73 Å². The minimum Gasteiger partial charge on any atom is -0.392 e. The SMILES string of the molecule is CCCCOCCN1CCN(C(C)C(N)=S)CC1. The van der Waals surface area contributed by atoms with Crippen molar-refractivity contribution < 1.29 is 4.74 Å². The van der Waals surface area contributed by atoms with Gasteiger partial charge in [-0.1, -0.05) is 25.6 Å². The fraction of sp³-hybridized carbons (Fsp3) is 0.923. The molecule has 0 aliphatic carbocycles. The standard InChI is InChI=1S/C13H27N3OS/c1-3-4-10-17-11-9-15-5-7-16(8-6-15)12(2)13(14)18/h12H,3-11H2,1-2H3,(H2,14,18). The van der Waals surface area contributed by atoms with Gasteiger partial charge in [0.2, 0.25) is 0 Å². The van der Waals surface area contributed by atoms with Crippen molar-refractivity contribution in [1.29, 1.82) is 0 Å². The smallest absolute Gasteiger partial charge is 0.0899 e. The van der Waals surface area contributed by atoms with E-state index in [1.54, 1.807) is 0 Å². The van der Waals surface area contributed by atoms with Crippen LogP contribution in [-0.2, 0) is 4.74 Å². The quantitative estimate of drug-likeness (QED) is 0.530. The zero-order chi connectivity index (χ0) is 13.4. The summed E-state index contributed by atoms with van der Waals surface area (Å²) < 4.78 is 5.59. The first-order valence-corrected chi connectivity index (χ1v) is 7.39. The monoisotopic (exact) mass is 273 g/mol. The zero-order valence-electron chi connectivity index (χ0n) is 11.7. The van der Waals surface area contributed by atoms with Crippen molar-refractivity contribution in [2.75, 3.05) is 45.9 Å². The molecule has 1 saturated heterocycles. The second-order valence-corrected chi connectivity index (χ2v) is 5.39. The summed E-state index contributed by atoms with van der Waals surface area (Å²) in [7, 11) is 0. The van der Waals surface area contributed by atoms with Gasteiger partial charge in [-0.25, -0.2) is 0 Å². The Balaban J connectivity index is 2.10. The zero-order valence-corrected chi connectivity index (χ0v) is 12.5. The van der Waals surface area contributed by atoms with E-state index >= 15 is 0 Å². The lowest BCUT2D eigenvalue weighted by Gasteiger charge is -2.37. The summed E-state index contributed by atoms with van der Waals surface area (Å²) in [6, 6.07) is 0.225. The number of piperazine rings is 1. The van der Waals surface area contributed by atoms with Crippen molar-refractivity contribution in [2.45, 2.75) is 32.7 Å². The molecule has 5 heteroatoms. The molecule has 1 fully saturated rings. The van der Waals surface area contributed by atoms with E-state index in [9.17, 15) is 0 Å². The molecule has 0 radical (unpaired) electrons. The molecular weight excluding hydrogens is 246 g/mol. The molecule has 0 aromatic carbocycles. The second kappa shape index (κ2) is 8.80. The molecule has 1 aliphatic rings. The predicted octanol–water partition coefficient (Wildman–Crippen LogP) is 1.10. The van der Waals surface area contributed by atoms with Gasteiger partial charge >= 0.3 is 0 Å². The Hall–Kier alpha value is -0.230. The van der Waals surface area contributed by atoms with Crippen molar-refractivity contribution in [3.8, 4) is 0 Å². The first kappa shape index (κ1) is 15.8. The largest absolute Gasteiger partial charge is 0.392 e. The fourth-order valence-corrected chi connectivity index (χ4v) is 2.25. The molecule has 0 amide bonds. The third-order valence-corrected chi connectivity index (χ3v) is 3.90. The molecule has 4 nitrogen and oxygen atoms in total. The minimum absolute atomic E-state index is 0.225. The van der Waals surface area contributed by atoms with Crippen LogP contribution in [0.3, 0.4) is 0 Å². The van der Waals surface area contributed by atoms with Gasteiger partial charge < -0.3 is 10.5 Å². The van der Waals surface area contributed by atoms with Gasteiger partial charge in [-0.3, -0.25) is 9.80 Å². The number of hydrogen-bond acceptors (Lipinski definition) is 4. The van der Waals surface area contributed by atoms with Crippen LogP contribution in [0.4, 0.5) is 0 Å². The van der Waals surface area contributed by atoms with Crippen molar-refractivity contribution in [1.82, 2.24) is 9.80 Å². The Morgan fingerprint density at radius 2 is 1.94 bits per heavy atom. The summed E-state index contributed by atoms with van der Waals surface area (Å²) in [4.78, 5) is 5.41. The maximum atomic E-state index is 5.68. The Morgan fingerprint density at radius 3 is 2.50 bits per heavy atom. The van der Waals surface area contributed by atoms with Crippen LogP contribution in [0, 0.1) is 0 Å². The molecule has 1 rings (SSSR count). The second-order valence-electron chi connectivity index (χ2n) is 4.92. The third kappa shape index (κ3) is 5.61. The normalized spacial score (nSPS) is 19.9. The van der Waals surface area contributed by atoms with Crippen LogP contribution in [-0.4, -0.2) is 66.8 Å². The molecule has 1 aliphatic heterocycles. The number of ether oxygens (including phenoxy) is 1. The molecule has 1 heterocycles. The maximum absolute atomic E-state index is 5.68. The van der Waals surface area contributed by atoms with Crippen LogP contribution < -0.4 is 5.73 Å². The van der Waals surface area contributed by atoms with Crippen molar-refractivity contribution >= 4 is 17.2 Å². The van der Waals surface area contributed by atoms with E-state index in [4.69, 9.17) is 22.7 Å². The van der Waals surface area contributed by atoms with E-state index in [0.717, 1.165) is 45.9 Å². The molecule has 1 atom stereocenters. The summed E-state index contributed by atoms with van der Waals surface area (Å²) in [5, 5.41) is 0. The van der Waals surface area contributed by atoms with Crippen LogP contribution in [0.25, 0.3) is 0 Å². The Labute approximate surface area is 116 Å². The van der Waals surface area contributed by atoms with E-state index in [2.05, 4.69) is 23.6 Å². The molecule has 2 N–H and O–H groups in total. The van der Waals surface area contributed by atoms with Crippen molar-refractivity contribution in [3.05, 3.63) is 0 Å². The molecule has 1 unspecified atom stereocenters. The van der Waals surface area contributed by atoms with Crippen LogP contribution in [0.2, 0.25) is 0 Å². The van der Waals surface area contributed by atoms with E-state index in [1.807, 2.05) is 0 Å². The highest BCUT2D eigenvalue weighted by Gasteiger charge is 2.21. The molecule has 0 aromatic rings.